The number of benzene rings is 1. The maximum absolute atomic E-state index is 13.0. The molecule has 0 unspecified atom stereocenters. The van der Waals surface area contributed by atoms with Crippen molar-refractivity contribution in [2.45, 2.75) is 25.8 Å². The zero-order valence-electron chi connectivity index (χ0n) is 9.95. The molecule has 1 N–H and O–H groups in total. The van der Waals surface area contributed by atoms with Gasteiger partial charge in [0.1, 0.15) is 5.82 Å². The van der Waals surface area contributed by atoms with Crippen molar-refractivity contribution in [1.82, 2.24) is 4.90 Å². The first-order valence-corrected chi connectivity index (χ1v) is 5.97. The van der Waals surface area contributed by atoms with E-state index >= 15 is 0 Å². The average Bonchev–Trinajstić information content (AvgIpc) is 2.81. The normalized spacial score (nSPS) is 18.0. The van der Waals surface area contributed by atoms with E-state index in [0.29, 0.717) is 5.69 Å². The molecule has 1 aliphatic rings. The molecule has 17 heavy (non-hydrogen) atoms. The van der Waals surface area contributed by atoms with Crippen molar-refractivity contribution in [3.05, 3.63) is 30.1 Å². The first-order chi connectivity index (χ1) is 8.16. The largest absolute Gasteiger partial charge is 0.325 e. The Kier molecular flexibility index (Phi) is 3.74. The molecule has 1 aromatic carbocycles. The van der Waals surface area contributed by atoms with Gasteiger partial charge in [0.25, 0.3) is 0 Å². The van der Waals surface area contributed by atoms with Crippen LogP contribution in [0.4, 0.5) is 10.1 Å². The van der Waals surface area contributed by atoms with Crippen molar-refractivity contribution in [2.75, 3.05) is 18.4 Å². The third-order valence-electron chi connectivity index (χ3n) is 3.16. The second-order valence-electron chi connectivity index (χ2n) is 4.42. The quantitative estimate of drug-likeness (QED) is 0.873. The summed E-state index contributed by atoms with van der Waals surface area (Å²) in [6.45, 7) is 3.83. The Morgan fingerprint density at radius 2 is 2.12 bits per heavy atom. The van der Waals surface area contributed by atoms with Gasteiger partial charge in [0, 0.05) is 5.69 Å². The summed E-state index contributed by atoms with van der Waals surface area (Å²) < 4.78 is 13.0. The van der Waals surface area contributed by atoms with Crippen molar-refractivity contribution in [3.8, 4) is 0 Å². The van der Waals surface area contributed by atoms with Crippen LogP contribution in [0.5, 0.6) is 0 Å². The maximum Gasteiger partial charge on any atom is 0.241 e. The second kappa shape index (κ2) is 5.27. The van der Waals surface area contributed by atoms with Crippen LogP contribution < -0.4 is 5.32 Å². The van der Waals surface area contributed by atoms with Gasteiger partial charge in [0.2, 0.25) is 5.91 Å². The number of rotatable bonds is 3. The minimum atomic E-state index is -0.336. The fourth-order valence-electron chi connectivity index (χ4n) is 2.11. The van der Waals surface area contributed by atoms with Gasteiger partial charge in [-0.1, -0.05) is 6.07 Å². The van der Waals surface area contributed by atoms with E-state index < -0.39 is 0 Å². The Bertz CT molecular complexity index is 402. The number of nitrogens with one attached hydrogen (secondary N) is 1. The molecule has 0 aliphatic carbocycles. The number of amides is 1. The van der Waals surface area contributed by atoms with Gasteiger partial charge < -0.3 is 5.32 Å². The Morgan fingerprint density at radius 1 is 1.41 bits per heavy atom. The monoisotopic (exact) mass is 236 g/mol. The van der Waals surface area contributed by atoms with Crippen molar-refractivity contribution < 1.29 is 9.18 Å². The molecule has 0 radical (unpaired) electrons. The Morgan fingerprint density at radius 3 is 2.76 bits per heavy atom. The third-order valence-corrected chi connectivity index (χ3v) is 3.16. The van der Waals surface area contributed by atoms with Crippen LogP contribution in [-0.4, -0.2) is 29.9 Å². The fraction of sp³-hybridized carbons (Fsp3) is 0.462. The van der Waals surface area contributed by atoms with Crippen molar-refractivity contribution >= 4 is 11.6 Å². The lowest BCUT2D eigenvalue weighted by atomic mass is 10.2. The van der Waals surface area contributed by atoms with Crippen LogP contribution >= 0.6 is 0 Å². The number of hydrogen-bond donors (Lipinski definition) is 1. The molecule has 0 spiro atoms. The number of likely N-dealkylation sites (tertiary alicyclic amines) is 1. The SMILES string of the molecule is C[C@@H](C(=O)Nc1cccc(F)c1)N1CCCC1. The molecule has 3 nitrogen and oxygen atoms in total. The van der Waals surface area contributed by atoms with Gasteiger partial charge in [-0.15, -0.1) is 0 Å². The van der Waals surface area contributed by atoms with Gasteiger partial charge >= 0.3 is 0 Å². The van der Waals surface area contributed by atoms with Gasteiger partial charge in [-0.3, -0.25) is 9.69 Å². The summed E-state index contributed by atoms with van der Waals surface area (Å²) >= 11 is 0. The molecule has 92 valence electrons. The molecule has 0 aromatic heterocycles. The van der Waals surface area contributed by atoms with Crippen molar-refractivity contribution in [2.24, 2.45) is 0 Å². The van der Waals surface area contributed by atoms with Crippen LogP contribution in [0.3, 0.4) is 0 Å². The number of carbonyl (C=O) groups is 1. The highest BCUT2D eigenvalue weighted by Crippen LogP contribution is 2.14. The Hall–Kier alpha value is -1.42. The highest BCUT2D eigenvalue weighted by molar-refractivity contribution is 5.94. The average molecular weight is 236 g/mol. The molecule has 1 heterocycles. The lowest BCUT2D eigenvalue weighted by Crippen LogP contribution is -2.40. The predicted molar refractivity (Wildman–Crippen MR) is 65.3 cm³/mol. The van der Waals surface area contributed by atoms with E-state index in [-0.39, 0.29) is 17.8 Å². The zero-order valence-corrected chi connectivity index (χ0v) is 9.95. The summed E-state index contributed by atoms with van der Waals surface area (Å²) in [5.41, 5.74) is 0.515. The number of hydrogen-bond acceptors (Lipinski definition) is 2. The molecule has 0 saturated carbocycles. The summed E-state index contributed by atoms with van der Waals surface area (Å²) in [5.74, 6) is -0.408. The van der Waals surface area contributed by atoms with Gasteiger partial charge in [-0.25, -0.2) is 4.39 Å². The smallest absolute Gasteiger partial charge is 0.241 e. The molecule has 1 saturated heterocycles. The van der Waals surface area contributed by atoms with Crippen LogP contribution in [-0.2, 0) is 4.79 Å². The van der Waals surface area contributed by atoms with E-state index in [1.807, 2.05) is 6.92 Å². The van der Waals surface area contributed by atoms with Gasteiger partial charge in [-0.2, -0.15) is 0 Å². The fourth-order valence-corrected chi connectivity index (χ4v) is 2.11. The molecular formula is C13H17FN2O. The van der Waals surface area contributed by atoms with Crippen molar-refractivity contribution in [1.29, 1.82) is 0 Å². The molecule has 4 heteroatoms. The lowest BCUT2D eigenvalue weighted by molar-refractivity contribution is -0.120. The molecule has 0 bridgehead atoms. The Labute approximate surface area is 101 Å². The van der Waals surface area contributed by atoms with Crippen molar-refractivity contribution in [3.63, 3.8) is 0 Å². The topological polar surface area (TPSA) is 32.3 Å². The van der Waals surface area contributed by atoms with Gasteiger partial charge in [-0.05, 0) is 51.1 Å². The molecule has 2 rings (SSSR count). The van der Waals surface area contributed by atoms with Crippen LogP contribution in [0, 0.1) is 5.82 Å². The first-order valence-electron chi connectivity index (χ1n) is 5.97. The molecular weight excluding hydrogens is 219 g/mol. The molecule has 1 aliphatic heterocycles. The third kappa shape index (κ3) is 3.03. The molecule has 1 amide bonds. The van der Waals surface area contributed by atoms with Crippen LogP contribution in [0.15, 0.2) is 24.3 Å². The van der Waals surface area contributed by atoms with E-state index in [4.69, 9.17) is 0 Å². The standard InChI is InChI=1S/C13H17FN2O/c1-10(16-7-2-3-8-16)13(17)15-12-6-4-5-11(14)9-12/h4-6,9-10H,2-3,7-8H2,1H3,(H,15,17)/t10-/m0/s1. The highest BCUT2D eigenvalue weighted by Gasteiger charge is 2.23. The van der Waals surface area contributed by atoms with E-state index in [1.165, 1.54) is 12.1 Å². The van der Waals surface area contributed by atoms with E-state index in [1.54, 1.807) is 12.1 Å². The van der Waals surface area contributed by atoms with Gasteiger partial charge in [0.05, 0.1) is 6.04 Å². The summed E-state index contributed by atoms with van der Waals surface area (Å²) in [6.07, 6.45) is 2.30. The van der Waals surface area contributed by atoms with Crippen LogP contribution in [0.25, 0.3) is 0 Å². The highest BCUT2D eigenvalue weighted by atomic mass is 19.1. The summed E-state index contributed by atoms with van der Waals surface area (Å²) in [7, 11) is 0. The van der Waals surface area contributed by atoms with Crippen LogP contribution in [0.2, 0.25) is 0 Å². The number of halogens is 1. The van der Waals surface area contributed by atoms with Crippen LogP contribution in [0.1, 0.15) is 19.8 Å². The minimum absolute atomic E-state index is 0.0718. The minimum Gasteiger partial charge on any atom is -0.325 e. The van der Waals surface area contributed by atoms with Gasteiger partial charge in [0.15, 0.2) is 0 Å². The molecule has 1 atom stereocenters. The van der Waals surface area contributed by atoms with E-state index in [0.717, 1.165) is 25.9 Å². The molecule has 1 aromatic rings. The Balaban J connectivity index is 1.96. The zero-order chi connectivity index (χ0) is 12.3. The summed E-state index contributed by atoms with van der Waals surface area (Å²) in [6, 6.07) is 5.82. The summed E-state index contributed by atoms with van der Waals surface area (Å²) in [5, 5.41) is 2.74. The van der Waals surface area contributed by atoms with E-state index in [2.05, 4.69) is 10.2 Å². The predicted octanol–water partition coefficient (Wildman–Crippen LogP) is 2.25. The lowest BCUT2D eigenvalue weighted by Gasteiger charge is -2.22. The number of anilines is 1. The number of carbonyl (C=O) groups excluding carboxylic acids is 1. The number of nitrogens with zero attached hydrogens (tertiary/aromatic N) is 1. The molecule has 1 fully saturated rings. The summed E-state index contributed by atoms with van der Waals surface area (Å²) in [4.78, 5) is 14.1. The maximum atomic E-state index is 13.0. The first kappa shape index (κ1) is 12.0. The van der Waals surface area contributed by atoms with E-state index in [9.17, 15) is 9.18 Å². The second-order valence-corrected chi connectivity index (χ2v) is 4.42.